The molecule has 0 atom stereocenters. The molecule has 0 unspecified atom stereocenters. The van der Waals surface area contributed by atoms with E-state index in [1.807, 2.05) is 0 Å². The van der Waals surface area contributed by atoms with Crippen LogP contribution in [-0.4, -0.2) is 37.7 Å². The molecule has 0 bridgehead atoms. The number of hydrogen-bond acceptors (Lipinski definition) is 3. The van der Waals surface area contributed by atoms with Crippen LogP contribution in [0.4, 0.5) is 0 Å². The lowest BCUT2D eigenvalue weighted by Gasteiger charge is -2.19. The van der Waals surface area contributed by atoms with E-state index in [2.05, 4.69) is 43.9 Å². The van der Waals surface area contributed by atoms with Crippen LogP contribution in [0.25, 0.3) is 0 Å². The van der Waals surface area contributed by atoms with Crippen LogP contribution >= 0.6 is 0 Å². The summed E-state index contributed by atoms with van der Waals surface area (Å²) >= 11 is 0. The second-order valence-electron chi connectivity index (χ2n) is 4.75. The fraction of sp³-hybridized carbons (Fsp3) is 0.600. The second-order valence-corrected chi connectivity index (χ2v) is 4.75. The average molecular weight is 250 g/mol. The summed E-state index contributed by atoms with van der Waals surface area (Å²) in [6.07, 6.45) is 1.04. The first-order chi connectivity index (χ1) is 8.65. The van der Waals surface area contributed by atoms with Crippen LogP contribution in [0.15, 0.2) is 18.2 Å². The molecule has 0 radical (unpaired) electrons. The lowest BCUT2D eigenvalue weighted by molar-refractivity contribution is 0.245. The third-order valence-electron chi connectivity index (χ3n) is 2.98. The molecule has 0 saturated heterocycles. The fourth-order valence-electron chi connectivity index (χ4n) is 2.11. The topological polar surface area (TPSA) is 38.5 Å². The maximum Gasteiger partial charge on any atom is 0.119 e. The van der Waals surface area contributed by atoms with E-state index in [-0.39, 0.29) is 0 Å². The van der Waals surface area contributed by atoms with Crippen LogP contribution in [0.3, 0.4) is 0 Å². The predicted octanol–water partition coefficient (Wildman–Crippen LogP) is 2.35. The zero-order valence-corrected chi connectivity index (χ0v) is 11.9. The van der Waals surface area contributed by atoms with Gasteiger partial charge < -0.3 is 15.4 Å². The van der Waals surface area contributed by atoms with Crippen molar-refractivity contribution in [1.29, 1.82) is 0 Å². The summed E-state index contributed by atoms with van der Waals surface area (Å²) < 4.78 is 5.78. The van der Waals surface area contributed by atoms with E-state index in [9.17, 15) is 0 Å². The highest BCUT2D eigenvalue weighted by molar-refractivity contribution is 5.32. The molecule has 0 amide bonds. The first-order valence-corrected chi connectivity index (χ1v) is 6.79. The number of likely N-dealkylation sites (N-methyl/N-ethyl adjacent to an activating group) is 1. The van der Waals surface area contributed by atoms with E-state index < -0.39 is 0 Å². The van der Waals surface area contributed by atoms with Gasteiger partial charge >= 0.3 is 0 Å². The van der Waals surface area contributed by atoms with Crippen LogP contribution in [0.1, 0.15) is 24.5 Å². The maximum atomic E-state index is 5.78. The van der Waals surface area contributed by atoms with Crippen LogP contribution < -0.4 is 10.5 Å². The van der Waals surface area contributed by atoms with Gasteiger partial charge in [0.05, 0.1) is 6.61 Å². The van der Waals surface area contributed by atoms with E-state index in [1.165, 1.54) is 11.1 Å². The predicted molar refractivity (Wildman–Crippen MR) is 77.2 cm³/mol. The third kappa shape index (κ3) is 5.52. The lowest BCUT2D eigenvalue weighted by Crippen LogP contribution is -2.30. The molecule has 0 heterocycles. The van der Waals surface area contributed by atoms with Gasteiger partial charge in [-0.15, -0.1) is 0 Å². The van der Waals surface area contributed by atoms with E-state index in [0.717, 1.165) is 45.0 Å². The number of benzene rings is 1. The Hall–Kier alpha value is -1.06. The smallest absolute Gasteiger partial charge is 0.119 e. The normalized spacial score (nSPS) is 10.9. The first kappa shape index (κ1) is 15.0. The molecule has 0 saturated carbocycles. The standard InChI is InChI=1S/C15H26N2O/c1-4-17(8-6-16)7-5-9-18-15-11-13(2)10-14(3)12-15/h10-12H,4-9,16H2,1-3H3. The van der Waals surface area contributed by atoms with Crippen molar-refractivity contribution in [2.45, 2.75) is 27.2 Å². The molecule has 18 heavy (non-hydrogen) atoms. The highest BCUT2D eigenvalue weighted by atomic mass is 16.5. The van der Waals surface area contributed by atoms with Crippen molar-refractivity contribution in [2.24, 2.45) is 5.73 Å². The third-order valence-corrected chi connectivity index (χ3v) is 2.98. The van der Waals surface area contributed by atoms with Gasteiger partial charge in [-0.05, 0) is 50.1 Å². The summed E-state index contributed by atoms with van der Waals surface area (Å²) in [4.78, 5) is 2.35. The van der Waals surface area contributed by atoms with Gasteiger partial charge in [-0.25, -0.2) is 0 Å². The molecule has 102 valence electrons. The fourth-order valence-corrected chi connectivity index (χ4v) is 2.11. The molecule has 0 aliphatic heterocycles. The molecule has 0 spiro atoms. The molecule has 1 aromatic carbocycles. The Labute approximate surface area is 111 Å². The Balaban J connectivity index is 2.28. The Morgan fingerprint density at radius 3 is 2.33 bits per heavy atom. The summed E-state index contributed by atoms with van der Waals surface area (Å²) in [6.45, 7) is 10.9. The molecule has 1 aromatic rings. The molecule has 1 rings (SSSR count). The van der Waals surface area contributed by atoms with Crippen molar-refractivity contribution in [3.05, 3.63) is 29.3 Å². The summed E-state index contributed by atoms with van der Waals surface area (Å²) in [5.74, 6) is 0.981. The van der Waals surface area contributed by atoms with E-state index in [1.54, 1.807) is 0 Å². The Bertz CT molecular complexity index is 332. The first-order valence-electron chi connectivity index (χ1n) is 6.79. The molecule has 0 fully saturated rings. The molecule has 0 aromatic heterocycles. The number of rotatable bonds is 8. The molecule has 0 aliphatic rings. The van der Waals surface area contributed by atoms with Gasteiger partial charge in [-0.1, -0.05) is 13.0 Å². The van der Waals surface area contributed by atoms with Gasteiger partial charge in [-0.3, -0.25) is 0 Å². The van der Waals surface area contributed by atoms with Gasteiger partial charge in [0.1, 0.15) is 5.75 Å². The Kier molecular flexibility index (Phi) is 6.76. The van der Waals surface area contributed by atoms with Crippen LogP contribution in [-0.2, 0) is 0 Å². The van der Waals surface area contributed by atoms with Crippen molar-refractivity contribution in [1.82, 2.24) is 4.90 Å². The summed E-state index contributed by atoms with van der Waals surface area (Å²) in [6, 6.07) is 6.34. The highest BCUT2D eigenvalue weighted by Gasteiger charge is 2.01. The average Bonchev–Trinajstić information content (AvgIpc) is 2.32. The van der Waals surface area contributed by atoms with Crippen molar-refractivity contribution in [3.63, 3.8) is 0 Å². The van der Waals surface area contributed by atoms with Crippen molar-refractivity contribution in [2.75, 3.05) is 32.8 Å². The number of nitrogens with two attached hydrogens (primary N) is 1. The summed E-state index contributed by atoms with van der Waals surface area (Å²) in [7, 11) is 0. The van der Waals surface area contributed by atoms with Crippen LogP contribution in [0.5, 0.6) is 5.75 Å². The van der Waals surface area contributed by atoms with Crippen molar-refractivity contribution >= 4 is 0 Å². The minimum absolute atomic E-state index is 0.728. The van der Waals surface area contributed by atoms with Crippen LogP contribution in [0, 0.1) is 13.8 Å². The lowest BCUT2D eigenvalue weighted by atomic mass is 10.1. The zero-order valence-electron chi connectivity index (χ0n) is 11.9. The zero-order chi connectivity index (χ0) is 13.4. The highest BCUT2D eigenvalue weighted by Crippen LogP contribution is 2.16. The molecule has 3 nitrogen and oxygen atoms in total. The number of hydrogen-bond donors (Lipinski definition) is 1. The summed E-state index contributed by atoms with van der Waals surface area (Å²) in [5.41, 5.74) is 8.07. The molecule has 2 N–H and O–H groups in total. The van der Waals surface area contributed by atoms with E-state index >= 15 is 0 Å². The van der Waals surface area contributed by atoms with Gasteiger partial charge in [-0.2, -0.15) is 0 Å². The van der Waals surface area contributed by atoms with Gasteiger partial charge in [0.25, 0.3) is 0 Å². The van der Waals surface area contributed by atoms with Gasteiger partial charge in [0, 0.05) is 19.6 Å². The molecule has 0 aliphatic carbocycles. The number of ether oxygens (including phenoxy) is 1. The Morgan fingerprint density at radius 1 is 1.11 bits per heavy atom. The maximum absolute atomic E-state index is 5.78. The minimum Gasteiger partial charge on any atom is -0.494 e. The number of nitrogens with zero attached hydrogens (tertiary/aromatic N) is 1. The summed E-state index contributed by atoms with van der Waals surface area (Å²) in [5, 5.41) is 0. The van der Waals surface area contributed by atoms with E-state index in [0.29, 0.717) is 0 Å². The van der Waals surface area contributed by atoms with Crippen molar-refractivity contribution < 1.29 is 4.74 Å². The van der Waals surface area contributed by atoms with Crippen LogP contribution in [0.2, 0.25) is 0 Å². The van der Waals surface area contributed by atoms with E-state index in [4.69, 9.17) is 10.5 Å². The molecule has 3 heteroatoms. The van der Waals surface area contributed by atoms with Crippen molar-refractivity contribution in [3.8, 4) is 5.75 Å². The Morgan fingerprint density at radius 2 is 1.78 bits per heavy atom. The largest absolute Gasteiger partial charge is 0.494 e. The SMILES string of the molecule is CCN(CCN)CCCOc1cc(C)cc(C)c1. The van der Waals surface area contributed by atoms with Gasteiger partial charge in [0.15, 0.2) is 0 Å². The van der Waals surface area contributed by atoms with Gasteiger partial charge in [0.2, 0.25) is 0 Å². The quantitative estimate of drug-likeness (QED) is 0.720. The second kappa shape index (κ2) is 8.11. The number of aryl methyl sites for hydroxylation is 2. The molecular weight excluding hydrogens is 224 g/mol. The monoisotopic (exact) mass is 250 g/mol. The minimum atomic E-state index is 0.728. The molecular formula is C15H26N2O.